The van der Waals surface area contributed by atoms with Crippen molar-refractivity contribution in [2.24, 2.45) is 11.8 Å². The van der Waals surface area contributed by atoms with Gasteiger partial charge in [0.1, 0.15) is 0 Å². The SMILES string of the molecule is CCC(CC)C1CC(c2ccccc2)CCN1C(=O)C1CNCC12CCOc1c(OC)cccc12. The molecular formula is C30H40N2O3. The minimum atomic E-state index is -0.242. The van der Waals surface area contributed by atoms with Gasteiger partial charge in [0.15, 0.2) is 11.5 Å². The van der Waals surface area contributed by atoms with Crippen molar-refractivity contribution in [2.45, 2.75) is 63.3 Å². The van der Waals surface area contributed by atoms with Crippen LogP contribution >= 0.6 is 0 Å². The first-order chi connectivity index (χ1) is 17.1. The van der Waals surface area contributed by atoms with Crippen molar-refractivity contribution in [1.29, 1.82) is 0 Å². The highest BCUT2D eigenvalue weighted by Gasteiger charge is 2.53. The predicted octanol–water partition coefficient (Wildman–Crippen LogP) is 5.15. The molecule has 188 valence electrons. The van der Waals surface area contributed by atoms with Crippen LogP contribution in [0.3, 0.4) is 0 Å². The molecule has 0 bridgehead atoms. The predicted molar refractivity (Wildman–Crippen MR) is 139 cm³/mol. The zero-order valence-electron chi connectivity index (χ0n) is 21.5. The Hall–Kier alpha value is -2.53. The van der Waals surface area contributed by atoms with Crippen LogP contribution in [-0.4, -0.2) is 50.2 Å². The van der Waals surface area contributed by atoms with Gasteiger partial charge in [0, 0.05) is 36.7 Å². The average Bonchev–Trinajstić information content (AvgIpc) is 3.33. The number of likely N-dealkylation sites (tertiary alicyclic amines) is 1. The molecular weight excluding hydrogens is 436 g/mol. The summed E-state index contributed by atoms with van der Waals surface area (Å²) in [6, 6.07) is 17.3. The van der Waals surface area contributed by atoms with Crippen LogP contribution in [0.15, 0.2) is 48.5 Å². The molecule has 1 N–H and O–H groups in total. The van der Waals surface area contributed by atoms with Crippen LogP contribution in [0.25, 0.3) is 0 Å². The van der Waals surface area contributed by atoms with E-state index >= 15 is 0 Å². The van der Waals surface area contributed by atoms with E-state index in [0.717, 1.165) is 68.8 Å². The molecule has 4 unspecified atom stereocenters. The number of hydrogen-bond acceptors (Lipinski definition) is 4. The summed E-state index contributed by atoms with van der Waals surface area (Å²) in [6.07, 6.45) is 5.16. The molecule has 0 aromatic heterocycles. The number of nitrogens with one attached hydrogen (secondary N) is 1. The Kier molecular flexibility index (Phi) is 7.06. The number of ether oxygens (including phenoxy) is 2. The Morgan fingerprint density at radius 3 is 2.71 bits per heavy atom. The van der Waals surface area contributed by atoms with Crippen LogP contribution < -0.4 is 14.8 Å². The normalized spacial score (nSPS) is 28.1. The summed E-state index contributed by atoms with van der Waals surface area (Å²) in [5, 5.41) is 3.59. The molecule has 5 heteroatoms. The van der Waals surface area contributed by atoms with Crippen molar-refractivity contribution in [3.8, 4) is 11.5 Å². The standard InChI is InChI=1S/C30H40N2O3/c1-4-21(5-2)26-18-23(22-10-7-6-8-11-22)14-16-32(26)29(33)25-19-31-20-30(25)15-17-35-28-24(30)12-9-13-27(28)34-3/h6-13,21,23,25-26,31H,4-5,14-20H2,1-3H3. The molecule has 5 nitrogen and oxygen atoms in total. The van der Waals surface area contributed by atoms with Gasteiger partial charge in [-0.25, -0.2) is 0 Å². The van der Waals surface area contributed by atoms with Crippen LogP contribution in [0, 0.1) is 11.8 Å². The van der Waals surface area contributed by atoms with Crippen LogP contribution in [0.1, 0.15) is 63.0 Å². The van der Waals surface area contributed by atoms with Gasteiger partial charge >= 0.3 is 0 Å². The maximum atomic E-state index is 14.4. The highest BCUT2D eigenvalue weighted by molar-refractivity contribution is 5.82. The molecule has 4 atom stereocenters. The highest BCUT2D eigenvalue weighted by atomic mass is 16.5. The van der Waals surface area contributed by atoms with Crippen molar-refractivity contribution in [3.05, 3.63) is 59.7 Å². The van der Waals surface area contributed by atoms with Crippen molar-refractivity contribution in [2.75, 3.05) is 33.4 Å². The third-order valence-electron chi connectivity index (χ3n) is 9.08. The summed E-state index contributed by atoms with van der Waals surface area (Å²) >= 11 is 0. The Labute approximate surface area is 210 Å². The second-order valence-corrected chi connectivity index (χ2v) is 10.6. The van der Waals surface area contributed by atoms with Crippen LogP contribution in [0.4, 0.5) is 0 Å². The van der Waals surface area contributed by atoms with Gasteiger partial charge in [-0.1, -0.05) is 69.2 Å². The van der Waals surface area contributed by atoms with E-state index in [-0.39, 0.29) is 11.3 Å². The summed E-state index contributed by atoms with van der Waals surface area (Å²) in [5.41, 5.74) is 2.30. The lowest BCUT2D eigenvalue weighted by Crippen LogP contribution is -2.55. The fourth-order valence-corrected chi connectivity index (χ4v) is 7.09. The van der Waals surface area contributed by atoms with Gasteiger partial charge in [-0.05, 0) is 42.7 Å². The summed E-state index contributed by atoms with van der Waals surface area (Å²) in [7, 11) is 1.69. The first-order valence-corrected chi connectivity index (χ1v) is 13.5. The number of benzene rings is 2. The van der Waals surface area contributed by atoms with Crippen LogP contribution in [0.5, 0.6) is 11.5 Å². The Morgan fingerprint density at radius 2 is 1.97 bits per heavy atom. The lowest BCUT2D eigenvalue weighted by molar-refractivity contribution is -0.142. The summed E-state index contributed by atoms with van der Waals surface area (Å²) < 4.78 is 11.7. The van der Waals surface area contributed by atoms with Crippen molar-refractivity contribution < 1.29 is 14.3 Å². The molecule has 1 amide bonds. The molecule has 1 spiro atoms. The number of amides is 1. The van der Waals surface area contributed by atoms with Crippen molar-refractivity contribution in [3.63, 3.8) is 0 Å². The number of carbonyl (C=O) groups excluding carboxylic acids is 1. The van der Waals surface area contributed by atoms with Gasteiger partial charge in [0.25, 0.3) is 0 Å². The smallest absolute Gasteiger partial charge is 0.228 e. The Balaban J connectivity index is 1.46. The van der Waals surface area contributed by atoms with Gasteiger partial charge in [0.2, 0.25) is 5.91 Å². The Morgan fingerprint density at radius 1 is 1.17 bits per heavy atom. The molecule has 0 radical (unpaired) electrons. The number of nitrogens with zero attached hydrogens (tertiary/aromatic N) is 1. The van der Waals surface area contributed by atoms with Gasteiger partial charge in [-0.2, -0.15) is 0 Å². The van der Waals surface area contributed by atoms with E-state index in [1.807, 2.05) is 12.1 Å². The molecule has 3 aliphatic rings. The second-order valence-electron chi connectivity index (χ2n) is 10.6. The summed E-state index contributed by atoms with van der Waals surface area (Å²) in [5.74, 6) is 2.88. The fraction of sp³-hybridized carbons (Fsp3) is 0.567. The molecule has 3 heterocycles. The topological polar surface area (TPSA) is 50.8 Å². The minimum absolute atomic E-state index is 0.0811. The average molecular weight is 477 g/mol. The van der Waals surface area contributed by atoms with E-state index in [1.165, 1.54) is 5.56 Å². The number of methoxy groups -OCH3 is 1. The highest BCUT2D eigenvalue weighted by Crippen LogP contribution is 2.50. The quantitative estimate of drug-likeness (QED) is 0.627. The van der Waals surface area contributed by atoms with E-state index in [9.17, 15) is 4.79 Å². The maximum absolute atomic E-state index is 14.4. The molecule has 0 saturated carbocycles. The zero-order chi connectivity index (χ0) is 24.4. The largest absolute Gasteiger partial charge is 0.493 e. The molecule has 2 aromatic rings. The third-order valence-corrected chi connectivity index (χ3v) is 9.08. The number of carbonyl (C=O) groups is 1. The first-order valence-electron chi connectivity index (χ1n) is 13.5. The number of rotatable bonds is 6. The van der Waals surface area contributed by atoms with Gasteiger partial charge in [-0.15, -0.1) is 0 Å². The maximum Gasteiger partial charge on any atom is 0.228 e. The zero-order valence-corrected chi connectivity index (χ0v) is 21.5. The van der Waals surface area contributed by atoms with Crippen LogP contribution in [-0.2, 0) is 10.2 Å². The summed E-state index contributed by atoms with van der Waals surface area (Å²) in [4.78, 5) is 16.7. The van der Waals surface area contributed by atoms with Gasteiger partial charge in [-0.3, -0.25) is 4.79 Å². The van der Waals surface area contributed by atoms with Gasteiger partial charge < -0.3 is 19.7 Å². The molecule has 5 rings (SSSR count). The second kappa shape index (κ2) is 10.2. The molecule has 0 aliphatic carbocycles. The minimum Gasteiger partial charge on any atom is -0.493 e. The number of fused-ring (bicyclic) bond motifs is 2. The van der Waals surface area contributed by atoms with Crippen molar-refractivity contribution >= 4 is 5.91 Å². The van der Waals surface area contributed by atoms with E-state index in [0.29, 0.717) is 30.4 Å². The van der Waals surface area contributed by atoms with E-state index in [2.05, 4.69) is 60.5 Å². The monoisotopic (exact) mass is 476 g/mol. The number of hydrogen-bond donors (Lipinski definition) is 1. The van der Waals surface area contributed by atoms with E-state index in [1.54, 1.807) is 7.11 Å². The first kappa shape index (κ1) is 24.2. The van der Waals surface area contributed by atoms with Crippen LogP contribution in [0.2, 0.25) is 0 Å². The van der Waals surface area contributed by atoms with Crippen molar-refractivity contribution in [1.82, 2.24) is 10.2 Å². The molecule has 2 aromatic carbocycles. The molecule has 2 fully saturated rings. The van der Waals surface area contributed by atoms with E-state index in [4.69, 9.17) is 9.47 Å². The molecule has 3 aliphatic heterocycles. The molecule has 2 saturated heterocycles. The molecule has 35 heavy (non-hydrogen) atoms. The Bertz CT molecular complexity index is 1020. The lowest BCUT2D eigenvalue weighted by Gasteiger charge is -2.47. The fourth-order valence-electron chi connectivity index (χ4n) is 7.09. The third kappa shape index (κ3) is 4.22. The number of para-hydroxylation sites is 1. The van der Waals surface area contributed by atoms with E-state index < -0.39 is 0 Å². The summed E-state index contributed by atoms with van der Waals surface area (Å²) in [6.45, 7) is 7.55. The number of piperidine rings is 1. The lowest BCUT2D eigenvalue weighted by atomic mass is 9.67. The van der Waals surface area contributed by atoms with Gasteiger partial charge in [0.05, 0.1) is 19.6 Å².